The summed E-state index contributed by atoms with van der Waals surface area (Å²) in [5, 5.41) is 10.4. The lowest BCUT2D eigenvalue weighted by Crippen LogP contribution is -2.56. The lowest BCUT2D eigenvalue weighted by Gasteiger charge is -2.45. The molecule has 3 unspecified atom stereocenters. The van der Waals surface area contributed by atoms with Gasteiger partial charge in [-0.2, -0.15) is 26.3 Å². The minimum Gasteiger partial charge on any atom is -0.372 e. The first kappa shape index (κ1) is 34.5. The number of aliphatic hydroxyl groups excluding tert-OH is 1. The second-order valence-electron chi connectivity index (χ2n) is 12.0. The van der Waals surface area contributed by atoms with Gasteiger partial charge in [-0.3, -0.25) is 9.69 Å². The molecule has 0 spiro atoms. The SMILES string of the molecule is CC(=O)N1CCN(CC2CCN(C(=O)N(C)[C@H](C)c3cc(C(F)(F)F)cc(C(F)(F)F)c3)C(c3ccc(F)cc3C)C2)CC1O. The summed E-state index contributed by atoms with van der Waals surface area (Å²) in [7, 11) is 1.33. The Balaban J connectivity index is 1.59. The highest BCUT2D eigenvalue weighted by molar-refractivity contribution is 5.75. The van der Waals surface area contributed by atoms with Crippen LogP contribution in [0, 0.1) is 18.7 Å². The number of likely N-dealkylation sites (tertiary alicyclic amines) is 1. The Bertz CT molecular complexity index is 1370. The van der Waals surface area contributed by atoms with E-state index in [1.165, 1.54) is 42.8 Å². The maximum Gasteiger partial charge on any atom is 0.416 e. The molecule has 0 bridgehead atoms. The molecule has 0 saturated carbocycles. The normalized spacial score (nSPS) is 22.4. The lowest BCUT2D eigenvalue weighted by atomic mass is 9.85. The number of aliphatic hydroxyl groups is 1. The first-order chi connectivity index (χ1) is 20.9. The largest absolute Gasteiger partial charge is 0.416 e. The van der Waals surface area contributed by atoms with Crippen LogP contribution in [0.1, 0.15) is 66.6 Å². The molecule has 45 heavy (non-hydrogen) atoms. The van der Waals surface area contributed by atoms with Crippen molar-refractivity contribution in [1.82, 2.24) is 19.6 Å². The second-order valence-corrected chi connectivity index (χ2v) is 12.0. The van der Waals surface area contributed by atoms with Crippen LogP contribution in [-0.4, -0.2) is 82.6 Å². The monoisotopic (exact) mass is 646 g/mol. The van der Waals surface area contributed by atoms with Gasteiger partial charge in [0.1, 0.15) is 12.0 Å². The summed E-state index contributed by atoms with van der Waals surface area (Å²) >= 11 is 0. The topological polar surface area (TPSA) is 67.3 Å². The number of urea groups is 1. The van der Waals surface area contributed by atoms with Crippen LogP contribution in [0.4, 0.5) is 35.5 Å². The highest BCUT2D eigenvalue weighted by atomic mass is 19.4. The van der Waals surface area contributed by atoms with Crippen LogP contribution < -0.4 is 0 Å². The van der Waals surface area contributed by atoms with E-state index in [9.17, 15) is 45.4 Å². The number of amides is 3. The van der Waals surface area contributed by atoms with E-state index in [4.69, 9.17) is 0 Å². The summed E-state index contributed by atoms with van der Waals surface area (Å²) in [5.74, 6) is -0.645. The van der Waals surface area contributed by atoms with Gasteiger partial charge in [0.15, 0.2) is 0 Å². The van der Waals surface area contributed by atoms with E-state index >= 15 is 0 Å². The molecule has 4 rings (SSSR count). The van der Waals surface area contributed by atoms with Crippen molar-refractivity contribution in [3.63, 3.8) is 0 Å². The Morgan fingerprint density at radius 1 is 0.978 bits per heavy atom. The summed E-state index contributed by atoms with van der Waals surface area (Å²) in [4.78, 5) is 31.8. The molecule has 2 aromatic rings. The number of β-amino-alcohol motifs (C(OH)–C–C–N with tert-alkyl or cyclic N) is 1. The van der Waals surface area contributed by atoms with Crippen LogP contribution in [0.2, 0.25) is 0 Å². The Kier molecular flexibility index (Phi) is 10.1. The van der Waals surface area contributed by atoms with Gasteiger partial charge in [-0.25, -0.2) is 9.18 Å². The zero-order valence-corrected chi connectivity index (χ0v) is 25.4. The third-order valence-electron chi connectivity index (χ3n) is 8.88. The van der Waals surface area contributed by atoms with Crippen molar-refractivity contribution >= 4 is 11.9 Å². The molecule has 2 aliphatic heterocycles. The predicted octanol–water partition coefficient (Wildman–Crippen LogP) is 6.22. The summed E-state index contributed by atoms with van der Waals surface area (Å²) in [6.45, 7) is 6.43. The van der Waals surface area contributed by atoms with Crippen LogP contribution in [0.5, 0.6) is 0 Å². The van der Waals surface area contributed by atoms with Crippen LogP contribution >= 0.6 is 0 Å². The van der Waals surface area contributed by atoms with Crippen molar-refractivity contribution in [1.29, 1.82) is 0 Å². The molecule has 2 heterocycles. The first-order valence-electron chi connectivity index (χ1n) is 14.6. The van der Waals surface area contributed by atoms with Crippen molar-refractivity contribution < 1.29 is 45.4 Å². The van der Waals surface area contributed by atoms with Crippen molar-refractivity contribution in [3.05, 3.63) is 70.0 Å². The molecule has 2 fully saturated rings. The molecular weight excluding hydrogens is 609 g/mol. The van der Waals surface area contributed by atoms with Crippen molar-refractivity contribution in [2.45, 2.75) is 64.3 Å². The van der Waals surface area contributed by atoms with E-state index in [-0.39, 0.29) is 36.5 Å². The van der Waals surface area contributed by atoms with Gasteiger partial charge in [-0.15, -0.1) is 0 Å². The molecule has 1 N–H and O–H groups in total. The lowest BCUT2D eigenvalue weighted by molar-refractivity contribution is -0.146. The molecule has 0 aromatic heterocycles. The quantitative estimate of drug-likeness (QED) is 0.392. The average molecular weight is 647 g/mol. The van der Waals surface area contributed by atoms with E-state index in [0.717, 1.165) is 4.90 Å². The Morgan fingerprint density at radius 2 is 1.60 bits per heavy atom. The molecule has 2 aliphatic rings. The van der Waals surface area contributed by atoms with E-state index < -0.39 is 53.6 Å². The number of piperidine rings is 1. The second kappa shape index (κ2) is 13.1. The molecule has 4 atom stereocenters. The molecule has 14 heteroatoms. The molecule has 2 aromatic carbocycles. The highest BCUT2D eigenvalue weighted by Gasteiger charge is 2.40. The number of carbonyl (C=O) groups is 2. The number of aryl methyl sites for hydroxylation is 1. The molecular formula is C31H37F7N4O3. The number of hydrogen-bond acceptors (Lipinski definition) is 4. The molecule has 0 aliphatic carbocycles. The van der Waals surface area contributed by atoms with Crippen molar-refractivity contribution in [2.75, 3.05) is 39.8 Å². The zero-order valence-electron chi connectivity index (χ0n) is 25.4. The standard InChI is InChI=1S/C31H37F7N4O3/c1-18-11-25(32)5-6-26(18)27-12-21(16-40-9-10-41(20(3)43)28(44)17-40)7-8-42(27)29(45)39(4)19(2)22-13-23(30(33,34)35)15-24(14-22)31(36,37)38/h5-6,11,13-15,19,21,27-28,44H,7-10,12,16-17H2,1-4H3/t19-,21?,27?,28?/m1/s1. The van der Waals surface area contributed by atoms with E-state index in [1.807, 2.05) is 4.90 Å². The minimum absolute atomic E-state index is 0.0418. The Morgan fingerprint density at radius 3 is 2.13 bits per heavy atom. The third kappa shape index (κ3) is 7.89. The van der Waals surface area contributed by atoms with Crippen LogP contribution in [0.3, 0.4) is 0 Å². The molecule has 2 saturated heterocycles. The van der Waals surface area contributed by atoms with Gasteiger partial charge in [0.05, 0.1) is 23.2 Å². The summed E-state index contributed by atoms with van der Waals surface area (Å²) in [5.41, 5.74) is -1.98. The van der Waals surface area contributed by atoms with Gasteiger partial charge >= 0.3 is 18.4 Å². The van der Waals surface area contributed by atoms with E-state index in [2.05, 4.69) is 0 Å². The van der Waals surface area contributed by atoms with Crippen molar-refractivity contribution in [3.8, 4) is 0 Å². The average Bonchev–Trinajstić information content (AvgIpc) is 2.94. The molecule has 248 valence electrons. The van der Waals surface area contributed by atoms with E-state index in [0.29, 0.717) is 55.7 Å². The highest BCUT2D eigenvalue weighted by Crippen LogP contribution is 2.40. The molecule has 7 nitrogen and oxygen atoms in total. The fraction of sp³-hybridized carbons (Fsp3) is 0.548. The fourth-order valence-corrected chi connectivity index (χ4v) is 6.27. The summed E-state index contributed by atoms with van der Waals surface area (Å²) < 4.78 is 95.1. The predicted molar refractivity (Wildman–Crippen MR) is 151 cm³/mol. The fourth-order valence-electron chi connectivity index (χ4n) is 6.27. The van der Waals surface area contributed by atoms with Crippen LogP contribution in [0.25, 0.3) is 0 Å². The van der Waals surface area contributed by atoms with Gasteiger partial charge in [0.2, 0.25) is 5.91 Å². The maximum atomic E-state index is 14.0. The number of nitrogens with zero attached hydrogens (tertiary/aromatic N) is 4. The van der Waals surface area contributed by atoms with Gasteiger partial charge in [0, 0.05) is 46.7 Å². The van der Waals surface area contributed by atoms with Crippen molar-refractivity contribution in [2.24, 2.45) is 5.92 Å². The molecule has 0 radical (unpaired) electrons. The van der Waals surface area contributed by atoms with Gasteiger partial charge in [-0.1, -0.05) is 6.07 Å². The van der Waals surface area contributed by atoms with Crippen LogP contribution in [0.15, 0.2) is 36.4 Å². The Labute approximate surface area is 257 Å². The number of rotatable bonds is 5. The smallest absolute Gasteiger partial charge is 0.372 e. The number of alkyl halides is 6. The summed E-state index contributed by atoms with van der Waals surface area (Å²) in [6, 6.07) is 3.21. The summed E-state index contributed by atoms with van der Waals surface area (Å²) in [6.07, 6.45) is -10.0. The minimum atomic E-state index is -5.03. The van der Waals surface area contributed by atoms with E-state index in [1.54, 1.807) is 13.0 Å². The number of benzene rings is 2. The molecule has 3 amide bonds. The maximum absolute atomic E-state index is 14.0. The van der Waals surface area contributed by atoms with Crippen LogP contribution in [-0.2, 0) is 17.1 Å². The number of carbonyl (C=O) groups excluding carboxylic acids is 2. The van der Waals surface area contributed by atoms with Gasteiger partial charge < -0.3 is 19.8 Å². The third-order valence-corrected chi connectivity index (χ3v) is 8.88. The Hall–Kier alpha value is -3.39. The number of halogens is 7. The number of piperazine rings is 1. The first-order valence-corrected chi connectivity index (χ1v) is 14.6. The zero-order chi connectivity index (χ0) is 33.4. The number of hydrogen-bond donors (Lipinski definition) is 1. The van der Waals surface area contributed by atoms with Gasteiger partial charge in [0.25, 0.3) is 0 Å². The van der Waals surface area contributed by atoms with Gasteiger partial charge in [-0.05, 0) is 79.6 Å².